The Labute approximate surface area is 158 Å². The third-order valence-corrected chi connectivity index (χ3v) is 7.55. The number of fused-ring (bicyclic) bond motifs is 3. The Bertz CT molecular complexity index is 941. The first-order valence-electron chi connectivity index (χ1n) is 10.3. The molecular weight excluding hydrogens is 339 g/mol. The van der Waals surface area contributed by atoms with E-state index in [1.54, 1.807) is 11.1 Å². The summed E-state index contributed by atoms with van der Waals surface area (Å²) in [6.07, 6.45) is 8.90. The molecule has 140 valence electrons. The van der Waals surface area contributed by atoms with Crippen LogP contribution in [0.3, 0.4) is 0 Å². The summed E-state index contributed by atoms with van der Waals surface area (Å²) in [7, 11) is -0.749. The highest BCUT2D eigenvalue weighted by molar-refractivity contribution is 6.66. The van der Waals surface area contributed by atoms with E-state index in [0.29, 0.717) is 30.2 Å². The molecule has 4 fully saturated rings. The van der Waals surface area contributed by atoms with E-state index in [9.17, 15) is 10.1 Å². The van der Waals surface area contributed by atoms with Crippen LogP contribution in [0.5, 0.6) is 0 Å². The number of pyridine rings is 1. The van der Waals surface area contributed by atoms with E-state index in [4.69, 9.17) is 5.10 Å². The third kappa shape index (κ3) is 2.15. The molecule has 0 spiro atoms. The minimum absolute atomic E-state index is 0.364. The Morgan fingerprint density at radius 2 is 2.07 bits per heavy atom. The molecule has 2 aromatic heterocycles. The summed E-state index contributed by atoms with van der Waals surface area (Å²) in [6, 6.07) is 2.05. The molecule has 27 heavy (non-hydrogen) atoms. The lowest BCUT2D eigenvalue weighted by Crippen LogP contribution is -2.59. The van der Waals surface area contributed by atoms with Crippen molar-refractivity contribution in [2.75, 3.05) is 6.54 Å². The molecule has 3 heterocycles. The Balaban J connectivity index is 1.53. The van der Waals surface area contributed by atoms with Crippen LogP contribution in [-0.2, 0) is 0 Å². The molecule has 7 heteroatoms. The molecule has 0 saturated heterocycles. The van der Waals surface area contributed by atoms with Crippen LogP contribution in [0.15, 0.2) is 23.6 Å². The highest BCUT2D eigenvalue weighted by atomic mass is 16.3. The molecule has 2 atom stereocenters. The molecule has 2 aromatic rings. The maximum Gasteiger partial charge on any atom is 0.468 e. The second-order valence-corrected chi connectivity index (χ2v) is 9.16. The third-order valence-electron chi connectivity index (χ3n) is 7.55. The number of nitrogens with one attached hydrogen (secondary N) is 1. The SMILES string of the molecule is CCN1N=C(C2C3CC4CC2CC(O)(C4)C3)c2c(cnc3[nH]ccc23)B1O. The van der Waals surface area contributed by atoms with Gasteiger partial charge in [0.15, 0.2) is 0 Å². The van der Waals surface area contributed by atoms with Gasteiger partial charge in [0.1, 0.15) is 5.65 Å². The summed E-state index contributed by atoms with van der Waals surface area (Å²) in [6.45, 7) is 2.68. The van der Waals surface area contributed by atoms with Crippen LogP contribution in [0.4, 0.5) is 0 Å². The van der Waals surface area contributed by atoms with Crippen molar-refractivity contribution in [3.05, 3.63) is 24.0 Å². The average molecular weight is 364 g/mol. The summed E-state index contributed by atoms with van der Waals surface area (Å²) in [5.74, 6) is 2.01. The molecular formula is C20H25BN4O2. The molecule has 0 radical (unpaired) electrons. The van der Waals surface area contributed by atoms with Gasteiger partial charge in [-0.05, 0) is 62.8 Å². The summed E-state index contributed by atoms with van der Waals surface area (Å²) < 4.78 is 0. The number of aromatic amines is 1. The van der Waals surface area contributed by atoms with Crippen molar-refractivity contribution >= 4 is 29.3 Å². The van der Waals surface area contributed by atoms with Crippen LogP contribution >= 0.6 is 0 Å². The van der Waals surface area contributed by atoms with Gasteiger partial charge in [0.25, 0.3) is 0 Å². The Morgan fingerprint density at radius 1 is 1.30 bits per heavy atom. The number of H-pyrrole nitrogens is 1. The smallest absolute Gasteiger partial charge is 0.428 e. The maximum absolute atomic E-state index is 11.0. The fourth-order valence-electron chi connectivity index (χ4n) is 6.81. The molecule has 6 nitrogen and oxygen atoms in total. The standard InChI is InChI=1S/C20H25BN4O2/c1-2-25-21(27)15-10-23-19-14(3-4-22-19)17(15)18(24-25)16-12-5-11-6-13(16)9-20(26,7-11)8-12/h3-4,10-13,16,26-27H,2,5-9H2,1H3,(H,22,23). The van der Waals surface area contributed by atoms with Crippen LogP contribution in [0, 0.1) is 23.7 Å². The zero-order valence-corrected chi connectivity index (χ0v) is 15.6. The largest absolute Gasteiger partial charge is 0.468 e. The van der Waals surface area contributed by atoms with E-state index >= 15 is 0 Å². The number of aromatic nitrogens is 2. The van der Waals surface area contributed by atoms with Gasteiger partial charge in [0, 0.05) is 41.3 Å². The highest BCUT2D eigenvalue weighted by Gasteiger charge is 2.56. The molecule has 5 aliphatic rings. The Kier molecular flexibility index (Phi) is 3.20. The van der Waals surface area contributed by atoms with Crippen molar-refractivity contribution < 1.29 is 10.1 Å². The van der Waals surface area contributed by atoms with Gasteiger partial charge >= 0.3 is 7.05 Å². The van der Waals surface area contributed by atoms with E-state index in [-0.39, 0.29) is 0 Å². The van der Waals surface area contributed by atoms with E-state index in [1.165, 1.54) is 12.8 Å². The summed E-state index contributed by atoms with van der Waals surface area (Å²) in [4.78, 5) is 9.51. The topological polar surface area (TPSA) is 84.7 Å². The minimum atomic E-state index is -0.749. The fraction of sp³-hybridized carbons (Fsp3) is 0.600. The number of hydrogen-bond donors (Lipinski definition) is 3. The van der Waals surface area contributed by atoms with Crippen LogP contribution in [0.25, 0.3) is 11.0 Å². The van der Waals surface area contributed by atoms with Gasteiger partial charge in [-0.3, -0.25) is 0 Å². The zero-order valence-electron chi connectivity index (χ0n) is 15.6. The molecule has 4 aliphatic carbocycles. The van der Waals surface area contributed by atoms with Crippen molar-refractivity contribution in [3.63, 3.8) is 0 Å². The molecule has 4 saturated carbocycles. The predicted molar refractivity (Wildman–Crippen MR) is 105 cm³/mol. The normalized spacial score (nSPS) is 37.1. The summed E-state index contributed by atoms with van der Waals surface area (Å²) in [5.41, 5.74) is 3.45. The van der Waals surface area contributed by atoms with Crippen LogP contribution < -0.4 is 5.46 Å². The van der Waals surface area contributed by atoms with E-state index in [2.05, 4.69) is 16.0 Å². The van der Waals surface area contributed by atoms with Gasteiger partial charge in [-0.15, -0.1) is 0 Å². The number of aliphatic hydroxyl groups is 1. The van der Waals surface area contributed by atoms with Crippen molar-refractivity contribution in [2.45, 2.75) is 44.6 Å². The van der Waals surface area contributed by atoms with Crippen LogP contribution in [0.2, 0.25) is 0 Å². The zero-order chi connectivity index (χ0) is 18.3. The van der Waals surface area contributed by atoms with Crippen molar-refractivity contribution in [2.24, 2.45) is 28.8 Å². The number of hydrazone groups is 1. The quantitative estimate of drug-likeness (QED) is 0.705. The number of rotatable bonds is 2. The van der Waals surface area contributed by atoms with Crippen molar-refractivity contribution in [3.8, 4) is 0 Å². The molecule has 3 N–H and O–H groups in total. The summed E-state index contributed by atoms with van der Waals surface area (Å²) >= 11 is 0. The van der Waals surface area contributed by atoms with E-state index in [0.717, 1.165) is 47.0 Å². The van der Waals surface area contributed by atoms with Crippen LogP contribution in [-0.4, -0.2) is 49.9 Å². The van der Waals surface area contributed by atoms with Crippen LogP contribution in [0.1, 0.15) is 44.6 Å². The lowest BCUT2D eigenvalue weighted by atomic mass is 9.48. The fourth-order valence-corrected chi connectivity index (χ4v) is 6.81. The molecule has 7 rings (SSSR count). The van der Waals surface area contributed by atoms with Crippen molar-refractivity contribution in [1.82, 2.24) is 14.9 Å². The maximum atomic E-state index is 11.0. The number of nitrogens with zero attached hydrogens (tertiary/aromatic N) is 3. The summed E-state index contributed by atoms with van der Waals surface area (Å²) in [5, 5.41) is 27.9. The van der Waals surface area contributed by atoms with Crippen molar-refractivity contribution in [1.29, 1.82) is 0 Å². The van der Waals surface area contributed by atoms with E-state index < -0.39 is 12.7 Å². The van der Waals surface area contributed by atoms with E-state index in [1.807, 2.05) is 13.1 Å². The first kappa shape index (κ1) is 16.1. The van der Waals surface area contributed by atoms with Gasteiger partial charge in [-0.25, -0.2) is 4.98 Å². The molecule has 0 amide bonds. The highest BCUT2D eigenvalue weighted by Crippen LogP contribution is 2.59. The van der Waals surface area contributed by atoms with Gasteiger partial charge in [-0.2, -0.15) is 5.10 Å². The Hall–Kier alpha value is -1.86. The lowest BCUT2D eigenvalue weighted by molar-refractivity contribution is -0.138. The molecule has 0 aromatic carbocycles. The first-order chi connectivity index (χ1) is 13.1. The predicted octanol–water partition coefficient (Wildman–Crippen LogP) is 1.48. The van der Waals surface area contributed by atoms with Gasteiger partial charge < -0.3 is 20.0 Å². The molecule has 2 unspecified atom stereocenters. The minimum Gasteiger partial charge on any atom is -0.428 e. The monoisotopic (exact) mass is 364 g/mol. The Morgan fingerprint density at radius 3 is 2.78 bits per heavy atom. The van der Waals surface area contributed by atoms with Gasteiger partial charge in [-0.1, -0.05) is 0 Å². The number of hydrogen-bond acceptors (Lipinski definition) is 5. The second kappa shape index (κ2) is 5.36. The molecule has 1 aliphatic heterocycles. The van der Waals surface area contributed by atoms with Gasteiger partial charge in [0.05, 0.1) is 11.3 Å². The lowest BCUT2D eigenvalue weighted by Gasteiger charge is -2.58. The average Bonchev–Trinajstić information content (AvgIpc) is 3.10. The molecule has 4 bridgehead atoms. The second-order valence-electron chi connectivity index (χ2n) is 9.16. The van der Waals surface area contributed by atoms with Gasteiger partial charge in [0.2, 0.25) is 0 Å². The first-order valence-corrected chi connectivity index (χ1v) is 10.3.